The van der Waals surface area contributed by atoms with E-state index in [2.05, 4.69) is 20.1 Å². The lowest BCUT2D eigenvalue weighted by atomic mass is 10.0. The Morgan fingerprint density at radius 3 is 2.32 bits per heavy atom. The van der Waals surface area contributed by atoms with Crippen LogP contribution in [0.3, 0.4) is 0 Å². The number of hydrogen-bond donors (Lipinski definition) is 3. The number of nitrogens with zero attached hydrogens (tertiary/aromatic N) is 5. The molecule has 0 bridgehead atoms. The van der Waals surface area contributed by atoms with Gasteiger partial charge >= 0.3 is 6.03 Å². The molecule has 14 heteroatoms. The van der Waals surface area contributed by atoms with E-state index in [1.165, 1.54) is 6.07 Å². The maximum atomic E-state index is 13.7. The van der Waals surface area contributed by atoms with Crippen LogP contribution >= 0.6 is 11.8 Å². The van der Waals surface area contributed by atoms with Crippen molar-refractivity contribution < 1.29 is 19.3 Å². The summed E-state index contributed by atoms with van der Waals surface area (Å²) in [5, 5.41) is 15.7. The molecule has 4 N–H and O–H groups in total. The Morgan fingerprint density at radius 1 is 1.02 bits per heavy atom. The monoisotopic (exact) mass is 618 g/mol. The number of imide groups is 1. The van der Waals surface area contributed by atoms with Crippen LogP contribution in [-0.2, 0) is 16.0 Å². The minimum atomic E-state index is -1.28. The zero-order chi connectivity index (χ0) is 30.8. The molecule has 3 aromatic rings. The largest absolute Gasteiger partial charge is 0.368 e. The summed E-state index contributed by atoms with van der Waals surface area (Å²) in [6.07, 6.45) is 4.29. The first-order valence-electron chi connectivity index (χ1n) is 14.8. The van der Waals surface area contributed by atoms with E-state index in [-0.39, 0.29) is 18.7 Å². The number of aromatic nitrogens is 1. The number of hydrogen-bond acceptors (Lipinski definition) is 7. The van der Waals surface area contributed by atoms with Gasteiger partial charge in [-0.25, -0.2) is 9.69 Å². The molecule has 0 unspecified atom stereocenters. The number of nitro benzene ring substituents is 1. The summed E-state index contributed by atoms with van der Waals surface area (Å²) in [6, 6.07) is 10.8. The van der Waals surface area contributed by atoms with E-state index in [1.807, 2.05) is 24.3 Å². The molecule has 230 valence electrons. The fraction of sp³-hybridized carbons (Fsp3) is 0.400. The second kappa shape index (κ2) is 12.6. The zero-order valence-electron chi connectivity index (χ0n) is 24.1. The third kappa shape index (κ3) is 5.81. The number of guanidine groups is 1. The molecule has 1 aromatic heterocycles. The van der Waals surface area contributed by atoms with Crippen molar-refractivity contribution in [3.05, 3.63) is 64.2 Å². The molecule has 44 heavy (non-hydrogen) atoms. The SMILES string of the molecule is NC(=O)[C@H](Cc1c(Sc2ccccc2[N+](=O)[O-])[nH]c2ccccc12)N1C(=O)N[C@@H](CN=C(N2CCCC2)N2CCCC2)C1=O. The van der Waals surface area contributed by atoms with Gasteiger partial charge in [0.15, 0.2) is 5.96 Å². The Labute approximate surface area is 258 Å². The van der Waals surface area contributed by atoms with Crippen LogP contribution in [0.25, 0.3) is 10.9 Å². The van der Waals surface area contributed by atoms with Gasteiger partial charge in [0, 0.05) is 49.6 Å². The first kappa shape index (κ1) is 29.5. The van der Waals surface area contributed by atoms with Gasteiger partial charge in [-0.3, -0.25) is 24.7 Å². The summed E-state index contributed by atoms with van der Waals surface area (Å²) in [5.74, 6) is -0.528. The number of primary amides is 1. The first-order chi connectivity index (χ1) is 21.3. The fourth-order valence-electron chi connectivity index (χ4n) is 6.16. The van der Waals surface area contributed by atoms with Crippen molar-refractivity contribution in [2.45, 2.75) is 54.1 Å². The highest BCUT2D eigenvalue weighted by molar-refractivity contribution is 7.99. The van der Waals surface area contributed by atoms with Crippen molar-refractivity contribution in [1.82, 2.24) is 25.0 Å². The molecule has 6 rings (SSSR count). The lowest BCUT2D eigenvalue weighted by Crippen LogP contribution is -2.50. The summed E-state index contributed by atoms with van der Waals surface area (Å²) >= 11 is 1.15. The van der Waals surface area contributed by atoms with E-state index in [9.17, 15) is 24.5 Å². The minimum absolute atomic E-state index is 0.0563. The number of carbonyl (C=O) groups excluding carboxylic acids is 3. The number of amides is 4. The number of likely N-dealkylation sites (tertiary alicyclic amines) is 2. The fourth-order valence-corrected chi connectivity index (χ4v) is 7.25. The number of aromatic amines is 1. The van der Waals surface area contributed by atoms with Gasteiger partial charge in [-0.1, -0.05) is 42.1 Å². The average molecular weight is 619 g/mol. The van der Waals surface area contributed by atoms with Crippen LogP contribution in [0.1, 0.15) is 31.2 Å². The van der Waals surface area contributed by atoms with Crippen molar-refractivity contribution in [3.8, 4) is 0 Å². The number of benzene rings is 2. The quantitative estimate of drug-likeness (QED) is 0.108. The number of aliphatic imine (C=N–C) groups is 1. The molecule has 3 aliphatic rings. The normalized spacial score (nSPS) is 19.1. The van der Waals surface area contributed by atoms with Crippen LogP contribution < -0.4 is 11.1 Å². The van der Waals surface area contributed by atoms with Crippen LogP contribution in [0.4, 0.5) is 10.5 Å². The topological polar surface area (TPSA) is 170 Å². The number of rotatable bonds is 9. The van der Waals surface area contributed by atoms with Crippen molar-refractivity contribution in [2.24, 2.45) is 10.7 Å². The van der Waals surface area contributed by atoms with Crippen LogP contribution in [0.2, 0.25) is 0 Å². The summed E-state index contributed by atoms with van der Waals surface area (Å²) in [7, 11) is 0. The van der Waals surface area contributed by atoms with Gasteiger partial charge in [-0.05, 0) is 43.4 Å². The highest BCUT2D eigenvalue weighted by Gasteiger charge is 2.44. The van der Waals surface area contributed by atoms with Crippen molar-refractivity contribution in [3.63, 3.8) is 0 Å². The first-order valence-corrected chi connectivity index (χ1v) is 15.6. The molecule has 3 fully saturated rings. The Bertz CT molecular complexity index is 1610. The molecule has 2 atom stereocenters. The molecule has 2 aromatic carbocycles. The summed E-state index contributed by atoms with van der Waals surface area (Å²) in [5.41, 5.74) is 7.15. The van der Waals surface area contributed by atoms with Gasteiger partial charge in [0.25, 0.3) is 11.6 Å². The van der Waals surface area contributed by atoms with Gasteiger partial charge in [0.1, 0.15) is 12.1 Å². The van der Waals surface area contributed by atoms with Crippen LogP contribution in [0.5, 0.6) is 0 Å². The predicted octanol–water partition coefficient (Wildman–Crippen LogP) is 3.09. The van der Waals surface area contributed by atoms with E-state index in [0.29, 0.717) is 15.5 Å². The number of nitrogens with two attached hydrogens (primary N) is 1. The second-order valence-electron chi connectivity index (χ2n) is 11.2. The molecular weight excluding hydrogens is 584 g/mol. The number of fused-ring (bicyclic) bond motifs is 1. The smallest absolute Gasteiger partial charge is 0.325 e. The number of H-pyrrole nitrogens is 1. The number of carbonyl (C=O) groups is 3. The lowest BCUT2D eigenvalue weighted by molar-refractivity contribution is -0.387. The number of para-hydroxylation sites is 2. The van der Waals surface area contributed by atoms with Gasteiger partial charge in [0.05, 0.1) is 21.4 Å². The van der Waals surface area contributed by atoms with Crippen molar-refractivity contribution >= 4 is 52.2 Å². The molecule has 13 nitrogen and oxygen atoms in total. The van der Waals surface area contributed by atoms with E-state index >= 15 is 0 Å². The standard InChI is InChI=1S/C30H34N8O5S/c31-26(39)24(17-20-19-9-1-2-10-21(19)33-27(20)44-25-12-4-3-11-23(25)38(42)43)37-28(40)22(34-30(37)41)18-32-29(35-13-5-6-14-35)36-15-7-8-16-36/h1-4,9-12,22,24,33H,5-8,13-18H2,(H2,31,39)(H,34,41)/t22-,24-/m0/s1. The maximum Gasteiger partial charge on any atom is 0.325 e. The third-order valence-corrected chi connectivity index (χ3v) is 9.45. The van der Waals surface area contributed by atoms with E-state index in [1.54, 1.807) is 18.2 Å². The van der Waals surface area contributed by atoms with Crippen LogP contribution in [0, 0.1) is 10.1 Å². The van der Waals surface area contributed by atoms with E-state index in [4.69, 9.17) is 10.7 Å². The maximum absolute atomic E-state index is 13.7. The zero-order valence-corrected chi connectivity index (χ0v) is 24.9. The number of urea groups is 1. The highest BCUT2D eigenvalue weighted by Crippen LogP contribution is 2.39. The summed E-state index contributed by atoms with van der Waals surface area (Å²) < 4.78 is 0. The third-order valence-electron chi connectivity index (χ3n) is 8.33. The van der Waals surface area contributed by atoms with Crippen molar-refractivity contribution in [1.29, 1.82) is 0 Å². The molecule has 0 radical (unpaired) electrons. The molecule has 0 saturated carbocycles. The molecule has 4 amide bonds. The van der Waals surface area contributed by atoms with Gasteiger partial charge in [-0.15, -0.1) is 0 Å². The Balaban J connectivity index is 1.27. The summed E-state index contributed by atoms with van der Waals surface area (Å²) in [6.45, 7) is 3.70. The van der Waals surface area contributed by atoms with Gasteiger partial charge in [0.2, 0.25) is 5.91 Å². The molecular formula is C30H34N8O5S. The van der Waals surface area contributed by atoms with Crippen molar-refractivity contribution in [2.75, 3.05) is 32.7 Å². The van der Waals surface area contributed by atoms with Crippen LogP contribution in [-0.4, -0.2) is 93.2 Å². The lowest BCUT2D eigenvalue weighted by Gasteiger charge is -2.28. The highest BCUT2D eigenvalue weighted by atomic mass is 32.2. The number of nitro groups is 1. The second-order valence-corrected chi connectivity index (χ2v) is 12.2. The molecule has 4 heterocycles. The van der Waals surface area contributed by atoms with E-state index < -0.39 is 34.9 Å². The minimum Gasteiger partial charge on any atom is -0.368 e. The van der Waals surface area contributed by atoms with E-state index in [0.717, 1.165) is 85.4 Å². The Hall–Kier alpha value is -4.59. The van der Waals surface area contributed by atoms with Gasteiger partial charge < -0.3 is 25.8 Å². The molecule has 3 saturated heterocycles. The van der Waals surface area contributed by atoms with Gasteiger partial charge in [-0.2, -0.15) is 0 Å². The number of nitrogens with one attached hydrogen (secondary N) is 2. The molecule has 3 aliphatic heterocycles. The molecule has 0 spiro atoms. The average Bonchev–Trinajstić information content (AvgIpc) is 3.82. The summed E-state index contributed by atoms with van der Waals surface area (Å²) in [4.78, 5) is 64.9. The molecule has 0 aliphatic carbocycles. The predicted molar refractivity (Wildman–Crippen MR) is 165 cm³/mol. The Kier molecular flexibility index (Phi) is 8.42. The van der Waals surface area contributed by atoms with Crippen LogP contribution in [0.15, 0.2) is 63.4 Å². The Morgan fingerprint density at radius 2 is 1.66 bits per heavy atom.